The molecule has 0 radical (unpaired) electrons. The van der Waals surface area contributed by atoms with Crippen molar-refractivity contribution in [1.29, 1.82) is 0 Å². The fraction of sp³-hybridized carbons (Fsp3) is 0.554. The molecular weight excluding hydrogens is 721 g/mol. The van der Waals surface area contributed by atoms with Crippen LogP contribution in [0.4, 0.5) is 0 Å². The Kier molecular flexibility index (Phi) is 54.9. The summed E-state index contributed by atoms with van der Waals surface area (Å²) in [5, 5.41) is 17.3. The summed E-state index contributed by atoms with van der Waals surface area (Å²) in [6.45, 7) is 4.67. The van der Waals surface area contributed by atoms with Crippen molar-refractivity contribution in [3.05, 3.63) is 146 Å². The standard InChI is InChI=1S/C28H44O2.C28H46O/c1-2-3-4-5-6-7-8-9-10-11-12-13-14-15-16-17-18-19-20-21-22-23-24-25-26-27-28(29)30;1-2-3-4-5-6-7-8-9-10-11-12-13-14-15-16-17-18-19-20-21-22-23-24-25-26-27-28-29/h3-4,6-7,9-10,12-13,15-16,18-19H,2,5,8,11,14,17,20-27H2,1H3,(H,29,30);3-4,6-7,9-10,12-13,15-16,18-19,29H,2,5,8,11,14,17,20-28H2,1H3/b2*4-3-,7-6-,10-9-,13-12-,16-15-,19-18-. The highest BCUT2D eigenvalue weighted by Crippen LogP contribution is 2.10. The summed E-state index contributed by atoms with van der Waals surface area (Å²) in [5.74, 6) is -0.673. The number of carboxylic acid groups (broad SMARTS) is 1. The Bertz CT molecular complexity index is 1210. The monoisotopic (exact) mass is 811 g/mol. The first-order chi connectivity index (χ1) is 29.2. The molecule has 0 aliphatic rings. The van der Waals surface area contributed by atoms with Crippen LogP contribution in [0.15, 0.2) is 146 Å². The second kappa shape index (κ2) is 56.4. The number of carboxylic acids is 1. The van der Waals surface area contributed by atoms with Crippen molar-refractivity contribution >= 4 is 5.97 Å². The molecular formula is C56H90O3. The number of allylic oxidation sites excluding steroid dienone is 24. The van der Waals surface area contributed by atoms with E-state index < -0.39 is 5.97 Å². The maximum absolute atomic E-state index is 10.4. The molecule has 0 atom stereocenters. The maximum atomic E-state index is 10.4. The molecule has 0 spiro atoms. The lowest BCUT2D eigenvalue weighted by molar-refractivity contribution is -0.137. The Labute approximate surface area is 365 Å². The lowest BCUT2D eigenvalue weighted by Gasteiger charge is -1.99. The van der Waals surface area contributed by atoms with Crippen LogP contribution in [-0.2, 0) is 4.79 Å². The van der Waals surface area contributed by atoms with E-state index in [-0.39, 0.29) is 0 Å². The highest BCUT2D eigenvalue weighted by molar-refractivity contribution is 5.66. The number of carbonyl (C=O) groups is 1. The Morgan fingerprint density at radius 3 is 0.780 bits per heavy atom. The van der Waals surface area contributed by atoms with E-state index in [2.05, 4.69) is 160 Å². The molecule has 59 heavy (non-hydrogen) atoms. The molecule has 3 nitrogen and oxygen atoms in total. The largest absolute Gasteiger partial charge is 0.481 e. The van der Waals surface area contributed by atoms with E-state index in [0.29, 0.717) is 13.0 Å². The minimum Gasteiger partial charge on any atom is -0.481 e. The minimum absolute atomic E-state index is 0.318. The molecule has 0 heterocycles. The van der Waals surface area contributed by atoms with Crippen molar-refractivity contribution < 1.29 is 15.0 Å². The molecule has 0 aromatic heterocycles. The molecule has 0 rings (SSSR count). The van der Waals surface area contributed by atoms with Crippen molar-refractivity contribution in [2.24, 2.45) is 0 Å². The molecule has 2 N–H and O–H groups in total. The molecule has 332 valence electrons. The van der Waals surface area contributed by atoms with Crippen molar-refractivity contribution in [1.82, 2.24) is 0 Å². The third kappa shape index (κ3) is 61.1. The van der Waals surface area contributed by atoms with Crippen LogP contribution in [0, 0.1) is 0 Å². The highest BCUT2D eigenvalue weighted by atomic mass is 16.4. The van der Waals surface area contributed by atoms with E-state index in [1.54, 1.807) is 0 Å². The zero-order chi connectivity index (χ0) is 43.1. The van der Waals surface area contributed by atoms with Gasteiger partial charge in [0.15, 0.2) is 0 Å². The predicted octanol–water partition coefficient (Wildman–Crippen LogP) is 17.7. The average Bonchev–Trinajstić information content (AvgIpc) is 3.23. The Morgan fingerprint density at radius 1 is 0.305 bits per heavy atom. The second-order valence-corrected chi connectivity index (χ2v) is 14.9. The van der Waals surface area contributed by atoms with Gasteiger partial charge in [-0.05, 0) is 116 Å². The van der Waals surface area contributed by atoms with Gasteiger partial charge in [-0.2, -0.15) is 0 Å². The maximum Gasteiger partial charge on any atom is 0.303 e. The number of rotatable bonds is 40. The van der Waals surface area contributed by atoms with Crippen molar-refractivity contribution in [3.8, 4) is 0 Å². The number of aliphatic carboxylic acids is 1. The van der Waals surface area contributed by atoms with Gasteiger partial charge in [0, 0.05) is 13.0 Å². The minimum atomic E-state index is -0.673. The summed E-state index contributed by atoms with van der Waals surface area (Å²) in [4.78, 5) is 10.4. The van der Waals surface area contributed by atoms with E-state index in [9.17, 15) is 4.79 Å². The molecule has 0 fully saturated rings. The summed E-state index contributed by atoms with van der Waals surface area (Å²) in [6, 6.07) is 0. The SMILES string of the molecule is CC/C=C\C/C=C\C/C=C\C/C=C\C/C=C\C/C=C\CCCCCCCCC(=O)O.CC/C=C\C/C=C\C/C=C\C/C=C\C/C=C\C/C=C\CCCCCCCCCO. The number of hydrogen-bond acceptors (Lipinski definition) is 2. The topological polar surface area (TPSA) is 57.5 Å². The Balaban J connectivity index is 0. The molecule has 0 amide bonds. The van der Waals surface area contributed by atoms with Gasteiger partial charge in [0.25, 0.3) is 0 Å². The van der Waals surface area contributed by atoms with Gasteiger partial charge in [0.1, 0.15) is 0 Å². The molecule has 0 aromatic carbocycles. The predicted molar refractivity (Wildman–Crippen MR) is 265 cm³/mol. The van der Waals surface area contributed by atoms with Crippen molar-refractivity contribution in [3.63, 3.8) is 0 Å². The molecule has 0 bridgehead atoms. The van der Waals surface area contributed by atoms with Gasteiger partial charge >= 0.3 is 5.97 Å². The number of aliphatic hydroxyl groups is 1. The van der Waals surface area contributed by atoms with Gasteiger partial charge in [-0.1, -0.05) is 217 Å². The molecule has 0 aliphatic heterocycles. The van der Waals surface area contributed by atoms with E-state index in [4.69, 9.17) is 10.2 Å². The van der Waals surface area contributed by atoms with Crippen LogP contribution >= 0.6 is 0 Å². The molecule has 3 heteroatoms. The summed E-state index contributed by atoms with van der Waals surface area (Å²) in [5.41, 5.74) is 0. The van der Waals surface area contributed by atoms with Crippen molar-refractivity contribution in [2.45, 2.75) is 194 Å². The van der Waals surface area contributed by atoms with Gasteiger partial charge in [0.05, 0.1) is 0 Å². The van der Waals surface area contributed by atoms with Crippen LogP contribution in [0.1, 0.15) is 194 Å². The first-order valence-electron chi connectivity index (χ1n) is 23.8. The number of aliphatic hydroxyl groups excluding tert-OH is 1. The van der Waals surface area contributed by atoms with Gasteiger partial charge < -0.3 is 10.2 Å². The van der Waals surface area contributed by atoms with Gasteiger partial charge in [-0.15, -0.1) is 0 Å². The smallest absolute Gasteiger partial charge is 0.303 e. The fourth-order valence-electron chi connectivity index (χ4n) is 5.78. The third-order valence-electron chi connectivity index (χ3n) is 9.23. The molecule has 0 saturated carbocycles. The van der Waals surface area contributed by atoms with Crippen LogP contribution in [0.25, 0.3) is 0 Å². The molecule has 0 aliphatic carbocycles. The molecule has 0 saturated heterocycles. The first-order valence-corrected chi connectivity index (χ1v) is 23.8. The summed E-state index contributed by atoms with van der Waals surface area (Å²) >= 11 is 0. The quantitative estimate of drug-likeness (QED) is 0.0479. The van der Waals surface area contributed by atoms with E-state index in [1.807, 2.05) is 0 Å². The van der Waals surface area contributed by atoms with Gasteiger partial charge in [0.2, 0.25) is 0 Å². The zero-order valence-corrected chi connectivity index (χ0v) is 38.2. The normalized spacial score (nSPS) is 12.9. The van der Waals surface area contributed by atoms with Crippen LogP contribution in [0.5, 0.6) is 0 Å². The third-order valence-corrected chi connectivity index (χ3v) is 9.23. The Morgan fingerprint density at radius 2 is 0.525 bits per heavy atom. The van der Waals surface area contributed by atoms with E-state index in [1.165, 1.54) is 64.2 Å². The van der Waals surface area contributed by atoms with Gasteiger partial charge in [-0.3, -0.25) is 4.79 Å². The van der Waals surface area contributed by atoms with E-state index >= 15 is 0 Å². The van der Waals surface area contributed by atoms with Crippen LogP contribution in [0.2, 0.25) is 0 Å². The van der Waals surface area contributed by atoms with E-state index in [0.717, 1.165) is 109 Å². The second-order valence-electron chi connectivity index (χ2n) is 14.9. The van der Waals surface area contributed by atoms with Crippen LogP contribution in [-0.4, -0.2) is 22.8 Å². The average molecular weight is 811 g/mol. The fourth-order valence-corrected chi connectivity index (χ4v) is 5.78. The van der Waals surface area contributed by atoms with Crippen LogP contribution < -0.4 is 0 Å². The highest BCUT2D eigenvalue weighted by Gasteiger charge is 1.96. The summed E-state index contributed by atoms with van der Waals surface area (Å²) in [6.07, 6.45) is 84.5. The first kappa shape index (κ1) is 57.4. The molecule has 0 aromatic rings. The Hall–Kier alpha value is -3.69. The van der Waals surface area contributed by atoms with Crippen molar-refractivity contribution in [2.75, 3.05) is 6.61 Å². The lowest BCUT2D eigenvalue weighted by Crippen LogP contribution is -1.93. The summed E-state index contributed by atoms with van der Waals surface area (Å²) in [7, 11) is 0. The van der Waals surface area contributed by atoms with Gasteiger partial charge in [-0.25, -0.2) is 0 Å². The number of unbranched alkanes of at least 4 members (excludes halogenated alkanes) is 13. The van der Waals surface area contributed by atoms with Crippen LogP contribution in [0.3, 0.4) is 0 Å². The summed E-state index contributed by atoms with van der Waals surface area (Å²) < 4.78 is 0. The molecule has 0 unspecified atom stereocenters. The number of hydrogen-bond donors (Lipinski definition) is 2. The lowest BCUT2D eigenvalue weighted by atomic mass is 10.1. The zero-order valence-electron chi connectivity index (χ0n) is 38.2.